The van der Waals surface area contributed by atoms with Crippen molar-refractivity contribution in [3.63, 3.8) is 0 Å². The lowest BCUT2D eigenvalue weighted by Crippen LogP contribution is -2.31. The second-order valence-electron chi connectivity index (χ2n) is 5.29. The minimum absolute atomic E-state index is 0.0657. The van der Waals surface area contributed by atoms with E-state index < -0.39 is 0 Å². The molecular formula is C15H23N3O. The summed E-state index contributed by atoms with van der Waals surface area (Å²) in [5.74, 6) is 0.740. The average molecular weight is 261 g/mol. The summed E-state index contributed by atoms with van der Waals surface area (Å²) in [6, 6.07) is 1.86. The number of amides is 1. The summed E-state index contributed by atoms with van der Waals surface area (Å²) >= 11 is 0. The van der Waals surface area contributed by atoms with Crippen molar-refractivity contribution in [3.05, 3.63) is 24.0 Å². The van der Waals surface area contributed by atoms with E-state index in [-0.39, 0.29) is 5.91 Å². The topological polar surface area (TPSA) is 45.2 Å². The lowest BCUT2D eigenvalue weighted by atomic mass is 10.1. The number of carbonyl (C=O) groups is 1. The number of anilines is 1. The lowest BCUT2D eigenvalue weighted by molar-refractivity contribution is 0.0774. The Hall–Kier alpha value is -1.58. The number of rotatable bonds is 5. The van der Waals surface area contributed by atoms with Crippen LogP contribution in [0.25, 0.3) is 0 Å². The van der Waals surface area contributed by atoms with Crippen LogP contribution in [0.15, 0.2) is 18.5 Å². The molecule has 4 heteroatoms. The maximum atomic E-state index is 12.5. The minimum atomic E-state index is 0.0657. The van der Waals surface area contributed by atoms with Crippen LogP contribution < -0.4 is 5.32 Å². The molecule has 0 saturated heterocycles. The highest BCUT2D eigenvalue weighted by Crippen LogP contribution is 2.26. The van der Waals surface area contributed by atoms with E-state index in [0.717, 1.165) is 18.8 Å². The summed E-state index contributed by atoms with van der Waals surface area (Å²) in [6.07, 6.45) is 8.50. The molecule has 0 bridgehead atoms. The van der Waals surface area contributed by atoms with E-state index in [1.54, 1.807) is 12.4 Å². The van der Waals surface area contributed by atoms with Crippen LogP contribution in [0.2, 0.25) is 0 Å². The number of pyridine rings is 1. The molecule has 0 aromatic carbocycles. The number of nitrogens with zero attached hydrogens (tertiary/aromatic N) is 2. The second-order valence-corrected chi connectivity index (χ2v) is 5.29. The maximum Gasteiger partial charge on any atom is 0.257 e. The Labute approximate surface area is 115 Å². The summed E-state index contributed by atoms with van der Waals surface area (Å²) in [7, 11) is 1.89. The highest BCUT2D eigenvalue weighted by molar-refractivity contribution is 5.99. The van der Waals surface area contributed by atoms with Crippen molar-refractivity contribution < 1.29 is 4.79 Å². The fourth-order valence-corrected chi connectivity index (χ4v) is 2.78. The van der Waals surface area contributed by atoms with Gasteiger partial charge in [0, 0.05) is 32.5 Å². The molecule has 1 amide bonds. The molecule has 0 spiro atoms. The quantitative estimate of drug-likeness (QED) is 0.886. The zero-order valence-electron chi connectivity index (χ0n) is 11.9. The molecule has 1 aliphatic rings. The Bertz CT molecular complexity index is 427. The molecule has 0 radical (unpaired) electrons. The van der Waals surface area contributed by atoms with Gasteiger partial charge in [-0.05, 0) is 31.7 Å². The fourth-order valence-electron chi connectivity index (χ4n) is 2.78. The first-order chi connectivity index (χ1) is 9.22. The average Bonchev–Trinajstić information content (AvgIpc) is 2.92. The maximum absolute atomic E-state index is 12.5. The summed E-state index contributed by atoms with van der Waals surface area (Å²) in [6.45, 7) is 3.69. The van der Waals surface area contributed by atoms with Crippen LogP contribution in [0, 0.1) is 5.92 Å². The molecule has 4 nitrogen and oxygen atoms in total. The van der Waals surface area contributed by atoms with E-state index in [1.807, 2.05) is 24.9 Å². The van der Waals surface area contributed by atoms with Crippen LogP contribution in [0.3, 0.4) is 0 Å². The van der Waals surface area contributed by atoms with E-state index in [1.165, 1.54) is 25.7 Å². The molecule has 1 fully saturated rings. The van der Waals surface area contributed by atoms with Gasteiger partial charge in [-0.15, -0.1) is 0 Å². The van der Waals surface area contributed by atoms with Gasteiger partial charge in [-0.2, -0.15) is 0 Å². The number of hydrogen-bond acceptors (Lipinski definition) is 3. The van der Waals surface area contributed by atoms with Gasteiger partial charge in [-0.3, -0.25) is 9.78 Å². The van der Waals surface area contributed by atoms with Gasteiger partial charge < -0.3 is 10.2 Å². The Morgan fingerprint density at radius 3 is 2.89 bits per heavy atom. The van der Waals surface area contributed by atoms with Crippen molar-refractivity contribution in [1.82, 2.24) is 9.88 Å². The Kier molecular flexibility index (Phi) is 4.77. The van der Waals surface area contributed by atoms with Crippen molar-refractivity contribution in [3.8, 4) is 0 Å². The minimum Gasteiger partial charge on any atom is -0.385 e. The van der Waals surface area contributed by atoms with Gasteiger partial charge >= 0.3 is 0 Å². The third kappa shape index (κ3) is 3.46. The molecule has 1 aromatic rings. The summed E-state index contributed by atoms with van der Waals surface area (Å²) in [5.41, 5.74) is 1.55. The molecule has 2 rings (SSSR count). The van der Waals surface area contributed by atoms with E-state index in [2.05, 4.69) is 10.3 Å². The van der Waals surface area contributed by atoms with Crippen LogP contribution in [0.4, 0.5) is 5.69 Å². The molecule has 0 unspecified atom stereocenters. The van der Waals surface area contributed by atoms with Crippen LogP contribution in [0.1, 0.15) is 43.0 Å². The predicted octanol–water partition coefficient (Wildman–Crippen LogP) is 2.78. The zero-order chi connectivity index (χ0) is 13.7. The first kappa shape index (κ1) is 13.8. The van der Waals surface area contributed by atoms with Gasteiger partial charge in [0.25, 0.3) is 5.91 Å². The Morgan fingerprint density at radius 2 is 2.21 bits per heavy atom. The highest BCUT2D eigenvalue weighted by Gasteiger charge is 2.21. The van der Waals surface area contributed by atoms with Crippen molar-refractivity contribution >= 4 is 11.6 Å². The summed E-state index contributed by atoms with van der Waals surface area (Å²) in [5, 5.41) is 3.22. The molecule has 1 aromatic heterocycles. The number of aromatic nitrogens is 1. The van der Waals surface area contributed by atoms with E-state index in [4.69, 9.17) is 0 Å². The SMILES string of the molecule is CCNc1ccncc1C(=O)N(C)CC1CCCC1. The molecule has 1 N–H and O–H groups in total. The molecule has 1 heterocycles. The number of carbonyl (C=O) groups excluding carboxylic acids is 1. The van der Waals surface area contributed by atoms with Crippen molar-refractivity contribution in [2.24, 2.45) is 5.92 Å². The van der Waals surface area contributed by atoms with Gasteiger partial charge in [-0.25, -0.2) is 0 Å². The molecule has 104 valence electrons. The van der Waals surface area contributed by atoms with E-state index in [9.17, 15) is 4.79 Å². The van der Waals surface area contributed by atoms with E-state index >= 15 is 0 Å². The summed E-state index contributed by atoms with van der Waals surface area (Å²) in [4.78, 5) is 18.4. The Balaban J connectivity index is 2.05. The normalized spacial score (nSPS) is 15.5. The Morgan fingerprint density at radius 1 is 1.47 bits per heavy atom. The number of hydrogen-bond donors (Lipinski definition) is 1. The van der Waals surface area contributed by atoms with Crippen molar-refractivity contribution in [2.45, 2.75) is 32.6 Å². The van der Waals surface area contributed by atoms with Crippen LogP contribution in [0.5, 0.6) is 0 Å². The molecule has 1 aliphatic carbocycles. The van der Waals surface area contributed by atoms with Crippen molar-refractivity contribution in [1.29, 1.82) is 0 Å². The van der Waals surface area contributed by atoms with Gasteiger partial charge in [0.15, 0.2) is 0 Å². The van der Waals surface area contributed by atoms with Crippen LogP contribution >= 0.6 is 0 Å². The predicted molar refractivity (Wildman–Crippen MR) is 77.3 cm³/mol. The molecule has 0 aliphatic heterocycles. The van der Waals surface area contributed by atoms with Gasteiger partial charge in [-0.1, -0.05) is 12.8 Å². The lowest BCUT2D eigenvalue weighted by Gasteiger charge is -2.22. The van der Waals surface area contributed by atoms with Crippen LogP contribution in [-0.4, -0.2) is 35.9 Å². The summed E-state index contributed by atoms with van der Waals surface area (Å²) < 4.78 is 0. The monoisotopic (exact) mass is 261 g/mol. The fraction of sp³-hybridized carbons (Fsp3) is 0.600. The third-order valence-electron chi connectivity index (χ3n) is 3.77. The highest BCUT2D eigenvalue weighted by atomic mass is 16.2. The second kappa shape index (κ2) is 6.55. The van der Waals surface area contributed by atoms with Gasteiger partial charge in [0.1, 0.15) is 0 Å². The molecule has 0 atom stereocenters. The van der Waals surface area contributed by atoms with Crippen LogP contribution in [-0.2, 0) is 0 Å². The first-order valence-electron chi connectivity index (χ1n) is 7.15. The zero-order valence-corrected chi connectivity index (χ0v) is 11.9. The van der Waals surface area contributed by atoms with Gasteiger partial charge in [0.05, 0.1) is 11.3 Å². The third-order valence-corrected chi connectivity index (χ3v) is 3.77. The van der Waals surface area contributed by atoms with Crippen molar-refractivity contribution in [2.75, 3.05) is 25.5 Å². The standard InChI is InChI=1S/C15H23N3O/c1-3-17-14-8-9-16-10-13(14)15(19)18(2)11-12-6-4-5-7-12/h8-10,12H,3-7,11H2,1-2H3,(H,16,17). The largest absolute Gasteiger partial charge is 0.385 e. The van der Waals surface area contributed by atoms with Gasteiger partial charge in [0.2, 0.25) is 0 Å². The molecule has 19 heavy (non-hydrogen) atoms. The molecule has 1 saturated carbocycles. The first-order valence-corrected chi connectivity index (χ1v) is 7.15. The molecular weight excluding hydrogens is 238 g/mol. The number of nitrogens with one attached hydrogen (secondary N) is 1. The smallest absolute Gasteiger partial charge is 0.257 e. The van der Waals surface area contributed by atoms with E-state index in [0.29, 0.717) is 11.5 Å².